The smallest absolute Gasteiger partial charge is 0.326 e. The van der Waals surface area contributed by atoms with Gasteiger partial charge in [0.1, 0.15) is 21.6 Å². The first-order valence-corrected chi connectivity index (χ1v) is 9.98. The van der Waals surface area contributed by atoms with Crippen molar-refractivity contribution < 1.29 is 27.9 Å². The zero-order valence-corrected chi connectivity index (χ0v) is 15.3. The highest BCUT2D eigenvalue weighted by Crippen LogP contribution is 2.16. The van der Waals surface area contributed by atoms with Gasteiger partial charge in [0, 0.05) is 12.2 Å². The molecule has 0 radical (unpaired) electrons. The predicted octanol–water partition coefficient (Wildman–Crippen LogP) is 1.55. The molecule has 140 valence electrons. The van der Waals surface area contributed by atoms with Crippen LogP contribution in [0.15, 0.2) is 24.3 Å². The number of carboxylic acids is 1. The summed E-state index contributed by atoms with van der Waals surface area (Å²) in [6.45, 7) is 3.75. The van der Waals surface area contributed by atoms with Crippen molar-refractivity contribution in [2.24, 2.45) is 0 Å². The van der Waals surface area contributed by atoms with Crippen LogP contribution in [0.1, 0.15) is 31.7 Å². The van der Waals surface area contributed by atoms with Crippen LogP contribution < -0.4 is 10.1 Å². The monoisotopic (exact) mass is 371 g/mol. The Morgan fingerprint density at radius 2 is 1.96 bits per heavy atom. The van der Waals surface area contributed by atoms with E-state index in [9.17, 15) is 18.0 Å². The molecule has 1 aromatic carbocycles. The number of nitrogens with one attached hydrogen (secondary N) is 1. The number of amides is 1. The molecule has 0 aromatic heterocycles. The van der Waals surface area contributed by atoms with E-state index >= 15 is 0 Å². The van der Waals surface area contributed by atoms with Gasteiger partial charge in [0.15, 0.2) is 0 Å². The van der Waals surface area contributed by atoms with Gasteiger partial charge < -0.3 is 15.2 Å². The molecule has 7 nitrogen and oxygen atoms in total. The molecular weight excluding hydrogens is 346 g/mol. The van der Waals surface area contributed by atoms with E-state index in [0.717, 1.165) is 11.3 Å². The number of hydrogen-bond acceptors (Lipinski definition) is 5. The lowest BCUT2D eigenvalue weighted by atomic mass is 10.2. The van der Waals surface area contributed by atoms with Crippen molar-refractivity contribution in [2.45, 2.75) is 39.2 Å². The number of sulfone groups is 1. The van der Waals surface area contributed by atoms with Crippen LogP contribution in [0.3, 0.4) is 0 Å². The highest BCUT2D eigenvalue weighted by Gasteiger charge is 2.22. The van der Waals surface area contributed by atoms with E-state index in [0.29, 0.717) is 13.0 Å². The molecule has 1 aromatic rings. The minimum absolute atomic E-state index is 0.0521. The second kappa shape index (κ2) is 10.0. The van der Waals surface area contributed by atoms with E-state index in [4.69, 9.17) is 9.84 Å². The van der Waals surface area contributed by atoms with E-state index in [1.165, 1.54) is 6.92 Å². The summed E-state index contributed by atoms with van der Waals surface area (Å²) in [7, 11) is -3.27. The van der Waals surface area contributed by atoms with E-state index in [-0.39, 0.29) is 24.3 Å². The third-order valence-electron chi connectivity index (χ3n) is 3.69. The fraction of sp³-hybridized carbons (Fsp3) is 0.529. The Kier molecular flexibility index (Phi) is 8.40. The van der Waals surface area contributed by atoms with Gasteiger partial charge in [-0.15, -0.1) is 0 Å². The number of hydrogen-bond donors (Lipinski definition) is 2. The Morgan fingerprint density at radius 3 is 2.56 bits per heavy atom. The third-order valence-corrected chi connectivity index (χ3v) is 5.43. The van der Waals surface area contributed by atoms with Gasteiger partial charge in [-0.2, -0.15) is 0 Å². The number of carbonyl (C=O) groups excluding carboxylic acids is 1. The Morgan fingerprint density at radius 1 is 1.28 bits per heavy atom. The molecule has 0 aliphatic rings. The predicted molar refractivity (Wildman–Crippen MR) is 94.4 cm³/mol. The number of aliphatic carboxylic acids is 1. The summed E-state index contributed by atoms with van der Waals surface area (Å²) in [6, 6.07) is 6.32. The van der Waals surface area contributed by atoms with Crippen LogP contribution in [0.4, 0.5) is 0 Å². The normalized spacial score (nSPS) is 12.4. The second-order valence-corrected chi connectivity index (χ2v) is 8.17. The highest BCUT2D eigenvalue weighted by atomic mass is 32.2. The highest BCUT2D eigenvalue weighted by molar-refractivity contribution is 7.91. The van der Waals surface area contributed by atoms with E-state index in [2.05, 4.69) is 5.32 Å². The molecule has 2 N–H and O–H groups in total. The molecule has 0 bridgehead atoms. The SMILES string of the molecule is CCS(=O)(=O)CCC(NC(=O)CCCOc1ccccc1C)C(=O)O. The number of para-hydroxylation sites is 1. The lowest BCUT2D eigenvalue weighted by molar-refractivity contribution is -0.141. The second-order valence-electron chi connectivity index (χ2n) is 5.70. The van der Waals surface area contributed by atoms with Crippen molar-refractivity contribution in [3.63, 3.8) is 0 Å². The van der Waals surface area contributed by atoms with Crippen LogP contribution in [0.25, 0.3) is 0 Å². The van der Waals surface area contributed by atoms with Crippen molar-refractivity contribution in [1.29, 1.82) is 0 Å². The Balaban J connectivity index is 2.37. The Hall–Kier alpha value is -2.09. The van der Waals surface area contributed by atoms with Gasteiger partial charge in [-0.3, -0.25) is 4.79 Å². The average Bonchev–Trinajstić information content (AvgIpc) is 2.56. The van der Waals surface area contributed by atoms with Gasteiger partial charge in [-0.05, 0) is 31.4 Å². The van der Waals surface area contributed by atoms with Crippen LogP contribution in [-0.2, 0) is 19.4 Å². The summed E-state index contributed by atoms with van der Waals surface area (Å²) in [4.78, 5) is 23.0. The van der Waals surface area contributed by atoms with E-state index in [1.807, 2.05) is 31.2 Å². The third kappa shape index (κ3) is 8.02. The van der Waals surface area contributed by atoms with Crippen LogP contribution in [-0.4, -0.2) is 49.6 Å². The van der Waals surface area contributed by atoms with Gasteiger partial charge in [-0.25, -0.2) is 13.2 Å². The number of benzene rings is 1. The zero-order chi connectivity index (χ0) is 18.9. The molecule has 0 fully saturated rings. The topological polar surface area (TPSA) is 110 Å². The molecule has 0 aliphatic carbocycles. The maximum atomic E-state index is 11.9. The molecule has 0 aliphatic heterocycles. The summed E-state index contributed by atoms with van der Waals surface area (Å²) in [5, 5.41) is 11.5. The number of ether oxygens (including phenoxy) is 1. The molecule has 0 saturated heterocycles. The summed E-state index contributed by atoms with van der Waals surface area (Å²) in [5.74, 6) is -1.25. The molecule has 1 unspecified atom stereocenters. The lowest BCUT2D eigenvalue weighted by Gasteiger charge is -2.14. The summed E-state index contributed by atoms with van der Waals surface area (Å²) >= 11 is 0. The molecule has 25 heavy (non-hydrogen) atoms. The van der Waals surface area contributed by atoms with Crippen LogP contribution in [0.2, 0.25) is 0 Å². The summed E-state index contributed by atoms with van der Waals surface area (Å²) in [6.07, 6.45) is 0.396. The van der Waals surface area contributed by atoms with Gasteiger partial charge >= 0.3 is 5.97 Å². The Labute approximate surface area is 148 Å². The largest absolute Gasteiger partial charge is 0.493 e. The molecule has 8 heteroatoms. The first-order valence-electron chi connectivity index (χ1n) is 8.16. The standard InChI is InChI=1S/C17H25NO6S/c1-3-25(22,23)12-10-14(17(20)21)18-16(19)9-6-11-24-15-8-5-4-7-13(15)2/h4-5,7-8,14H,3,6,9-12H2,1-2H3,(H,18,19)(H,20,21). The van der Waals surface area contributed by atoms with Crippen molar-refractivity contribution in [2.75, 3.05) is 18.1 Å². The average molecular weight is 371 g/mol. The lowest BCUT2D eigenvalue weighted by Crippen LogP contribution is -2.42. The maximum absolute atomic E-state index is 11.9. The number of rotatable bonds is 11. The van der Waals surface area contributed by atoms with Crippen LogP contribution >= 0.6 is 0 Å². The minimum Gasteiger partial charge on any atom is -0.493 e. The van der Waals surface area contributed by atoms with Crippen molar-refractivity contribution >= 4 is 21.7 Å². The molecule has 1 atom stereocenters. The van der Waals surface area contributed by atoms with E-state index in [1.54, 1.807) is 0 Å². The first kappa shape index (κ1) is 21.0. The fourth-order valence-corrected chi connectivity index (χ4v) is 2.98. The van der Waals surface area contributed by atoms with Gasteiger partial charge in [-0.1, -0.05) is 25.1 Å². The van der Waals surface area contributed by atoms with Crippen LogP contribution in [0.5, 0.6) is 5.75 Å². The summed E-state index contributed by atoms with van der Waals surface area (Å²) in [5.41, 5.74) is 0.995. The fourth-order valence-electron chi connectivity index (χ4n) is 2.10. The number of aryl methyl sites for hydroxylation is 1. The molecule has 0 heterocycles. The molecular formula is C17H25NO6S. The number of carboxylic acid groups (broad SMARTS) is 1. The van der Waals surface area contributed by atoms with Gasteiger partial charge in [0.25, 0.3) is 0 Å². The molecule has 0 spiro atoms. The number of carbonyl (C=O) groups is 2. The molecule has 1 amide bonds. The zero-order valence-electron chi connectivity index (χ0n) is 14.5. The van der Waals surface area contributed by atoms with Crippen molar-refractivity contribution in [1.82, 2.24) is 5.32 Å². The minimum atomic E-state index is -3.27. The molecule has 1 rings (SSSR count). The van der Waals surface area contributed by atoms with Gasteiger partial charge in [0.05, 0.1) is 12.4 Å². The molecule has 0 saturated carbocycles. The van der Waals surface area contributed by atoms with Crippen molar-refractivity contribution in [3.05, 3.63) is 29.8 Å². The van der Waals surface area contributed by atoms with Crippen LogP contribution in [0, 0.1) is 6.92 Å². The maximum Gasteiger partial charge on any atom is 0.326 e. The summed E-state index contributed by atoms with van der Waals surface area (Å²) < 4.78 is 28.5. The first-order chi connectivity index (χ1) is 11.7. The van der Waals surface area contributed by atoms with Gasteiger partial charge in [0.2, 0.25) is 5.91 Å². The Bertz CT molecular complexity index is 686. The van der Waals surface area contributed by atoms with Crippen molar-refractivity contribution in [3.8, 4) is 5.75 Å². The quantitative estimate of drug-likeness (QED) is 0.571. The van der Waals surface area contributed by atoms with E-state index < -0.39 is 27.8 Å².